The topological polar surface area (TPSA) is 116 Å². The Bertz CT molecular complexity index is 3580. The first-order chi connectivity index (χ1) is 43.2. The van der Waals surface area contributed by atoms with Gasteiger partial charge in [-0.05, 0) is 115 Å². The molecule has 0 amide bonds. The van der Waals surface area contributed by atoms with Crippen LogP contribution in [0.2, 0.25) is 0 Å². The molecular weight excluding hydrogens is 1150 g/mol. The van der Waals surface area contributed by atoms with E-state index in [1.807, 2.05) is 234 Å². The van der Waals surface area contributed by atoms with Gasteiger partial charge in [0, 0.05) is 72.0 Å². The lowest BCUT2D eigenvalue weighted by molar-refractivity contribution is -0.142. The smallest absolute Gasteiger partial charge is 0.338 e. The van der Waals surface area contributed by atoms with Gasteiger partial charge < -0.3 is 43.3 Å². The number of nitrogens with zero attached hydrogens (tertiary/aromatic N) is 4. The molecule has 2 aliphatic heterocycles. The van der Waals surface area contributed by atoms with Crippen LogP contribution in [0.25, 0.3) is 11.1 Å². The van der Waals surface area contributed by atoms with Gasteiger partial charge in [-0.3, -0.25) is 9.36 Å². The summed E-state index contributed by atoms with van der Waals surface area (Å²) in [5, 5.41) is 7.59. The monoisotopic (exact) mass is 1220 g/mol. The van der Waals surface area contributed by atoms with E-state index < -0.39 is 21.9 Å². The molecule has 9 aromatic rings. The molecule has 0 aromatic heterocycles. The van der Waals surface area contributed by atoms with E-state index >= 15 is 4.57 Å². The van der Waals surface area contributed by atoms with Gasteiger partial charge in [-0.25, -0.2) is 4.79 Å². The molecule has 2 N–H and O–H groups in total. The Kier molecular flexibility index (Phi) is 23.7. The normalized spacial score (nSPS) is 13.1. The quantitative estimate of drug-likeness (QED) is 0.0200. The lowest BCUT2D eigenvalue weighted by Crippen LogP contribution is -2.31. The Balaban J connectivity index is 0.000000165. The highest BCUT2D eigenvalue weighted by molar-refractivity contribution is 7.80. The number of carbonyl (C=O) groups excluding carboxylic acids is 2. The fourth-order valence-electron chi connectivity index (χ4n) is 10.2. The van der Waals surface area contributed by atoms with Crippen molar-refractivity contribution in [3.05, 3.63) is 312 Å². The van der Waals surface area contributed by atoms with Crippen molar-refractivity contribution in [3.63, 3.8) is 0 Å². The summed E-state index contributed by atoms with van der Waals surface area (Å²) in [5.41, 5.74) is 13.6. The molecule has 446 valence electrons. The second-order valence-corrected chi connectivity index (χ2v) is 24.6. The van der Waals surface area contributed by atoms with Gasteiger partial charge in [0.1, 0.15) is 0 Å². The van der Waals surface area contributed by atoms with Crippen molar-refractivity contribution in [1.82, 2.24) is 5.32 Å². The Morgan fingerprint density at radius 1 is 0.511 bits per heavy atom. The largest absolute Gasteiger partial charge is 0.466 e. The molecule has 9 aromatic carbocycles. The molecule has 11 rings (SSSR count). The van der Waals surface area contributed by atoms with Crippen molar-refractivity contribution in [2.24, 2.45) is 0 Å². The van der Waals surface area contributed by atoms with Gasteiger partial charge >= 0.3 is 11.9 Å². The zero-order valence-electron chi connectivity index (χ0n) is 49.5. The molecule has 15 heteroatoms. The first-order valence-electron chi connectivity index (χ1n) is 29.4. The number of rotatable bonds is 19. The molecule has 0 unspecified atom stereocenters. The Morgan fingerprint density at radius 2 is 0.886 bits per heavy atom. The summed E-state index contributed by atoms with van der Waals surface area (Å²) >= 11 is 5.39. The molecule has 2 saturated heterocycles. The Hall–Kier alpha value is -9.31. The van der Waals surface area contributed by atoms with Crippen molar-refractivity contribution in [3.8, 4) is 0 Å². The van der Waals surface area contributed by atoms with Crippen LogP contribution in [0.3, 0.4) is 0 Å². The molecule has 0 saturated carbocycles. The van der Waals surface area contributed by atoms with E-state index in [1.165, 1.54) is 17.5 Å². The summed E-state index contributed by atoms with van der Waals surface area (Å²) in [6, 6.07) is 90.1. The first kappa shape index (κ1) is 63.2. The van der Waals surface area contributed by atoms with E-state index in [0.717, 1.165) is 63.6 Å². The summed E-state index contributed by atoms with van der Waals surface area (Å²) in [6.45, 7) is 8.39. The molecule has 2 fully saturated rings. The molecule has 12 nitrogen and oxygen atoms in total. The number of ether oxygens (including phenoxy) is 2. The van der Waals surface area contributed by atoms with Gasteiger partial charge in [-0.2, -0.15) is 0 Å². The van der Waals surface area contributed by atoms with Crippen LogP contribution in [-0.4, -0.2) is 69.6 Å². The van der Waals surface area contributed by atoms with Crippen LogP contribution >= 0.6 is 28.1 Å². The number of carbonyl (C=O) groups is 2. The Morgan fingerprint density at radius 3 is 1.30 bits per heavy atom. The number of benzene rings is 9. The van der Waals surface area contributed by atoms with Gasteiger partial charge in [-0.1, -0.05) is 212 Å². The molecule has 0 spiro atoms. The molecular formula is C73H72N6O6P2S. The molecule has 0 bridgehead atoms. The lowest BCUT2D eigenvalue weighted by atomic mass is 9.97. The first-order valence-corrected chi connectivity index (χ1v) is 32.6. The second kappa shape index (κ2) is 33.0. The Labute approximate surface area is 524 Å². The minimum absolute atomic E-state index is 0.0864. The van der Waals surface area contributed by atoms with E-state index in [1.54, 1.807) is 13.8 Å². The van der Waals surface area contributed by atoms with Gasteiger partial charge in [0.2, 0.25) is 8.45 Å². The summed E-state index contributed by atoms with van der Waals surface area (Å²) in [5.74, 6) is -0.771. The van der Waals surface area contributed by atoms with E-state index in [0.29, 0.717) is 43.3 Å². The van der Waals surface area contributed by atoms with Crippen LogP contribution in [0.15, 0.2) is 290 Å². The summed E-state index contributed by atoms with van der Waals surface area (Å²) in [7, 11) is -4.50. The summed E-state index contributed by atoms with van der Waals surface area (Å²) in [4.78, 5) is 24.6. The molecule has 0 radical (unpaired) electrons. The molecule has 2 heterocycles. The minimum Gasteiger partial charge on any atom is -0.466 e. The maximum Gasteiger partial charge on any atom is 0.338 e. The SMILES string of the molecule is CCOC(=O)C=C=C(c1ccccc1)c1ccccc1.CCOC(=O)CC(=C(c1ccccc1)c1ccccc1)P1(=O)N(c2ccccc2)CCN1c1ccccc1.S=C(NCCOP1N(c2ccccc2)CCN1c1ccccc1)Nc1ccccc1. The summed E-state index contributed by atoms with van der Waals surface area (Å²) < 4.78 is 41.3. The molecule has 88 heavy (non-hydrogen) atoms. The third kappa shape index (κ3) is 17.0. The zero-order chi connectivity index (χ0) is 61.2. The second-order valence-electron chi connectivity index (χ2n) is 19.9. The van der Waals surface area contributed by atoms with Crippen molar-refractivity contribution in [2.75, 3.05) is 76.5 Å². The number of nitrogens with one attached hydrogen (secondary N) is 2. The summed E-state index contributed by atoms with van der Waals surface area (Å²) in [6.07, 6.45) is 1.26. The van der Waals surface area contributed by atoms with Crippen LogP contribution in [0.5, 0.6) is 0 Å². The number of hydrogen-bond donors (Lipinski definition) is 2. The van der Waals surface area contributed by atoms with Gasteiger partial charge in [0.25, 0.3) is 7.44 Å². The molecule has 0 atom stereocenters. The van der Waals surface area contributed by atoms with E-state index in [9.17, 15) is 9.59 Å². The minimum atomic E-state index is -3.56. The van der Waals surface area contributed by atoms with E-state index in [4.69, 9.17) is 26.2 Å². The van der Waals surface area contributed by atoms with Gasteiger partial charge in [0.15, 0.2) is 5.11 Å². The highest BCUT2D eigenvalue weighted by Gasteiger charge is 2.48. The van der Waals surface area contributed by atoms with E-state index in [-0.39, 0.29) is 19.0 Å². The number of hydrogen-bond acceptors (Lipinski definition) is 9. The van der Waals surface area contributed by atoms with Gasteiger partial charge in [0.05, 0.1) is 32.3 Å². The lowest BCUT2D eigenvalue weighted by Gasteiger charge is -2.35. The van der Waals surface area contributed by atoms with Crippen LogP contribution in [-0.2, 0) is 28.2 Å². The van der Waals surface area contributed by atoms with Crippen molar-refractivity contribution < 1.29 is 28.2 Å². The van der Waals surface area contributed by atoms with Crippen molar-refractivity contribution >= 4 is 84.7 Å². The third-order valence-electron chi connectivity index (χ3n) is 14.1. The highest BCUT2D eigenvalue weighted by atomic mass is 32.1. The number of para-hydroxylation sites is 5. The predicted octanol–water partition coefficient (Wildman–Crippen LogP) is 16.7. The standard InChI is InChI=1S/C32H31N2O3P.C23H25N4OPS.C18H16O2/c1-2-37-31(35)25-30(32(26-15-7-3-8-16-26)27-17-9-4-10-18-27)38(36)33(28-19-11-5-12-20-28)23-24-34(38)29-21-13-6-14-22-29;30-23(25-20-10-4-1-5-11-20)24-16-19-28-29-26(21-12-6-2-7-13-21)17-18-27(29)22-14-8-3-9-15-22;1-2-20-18(19)14-13-17(15-9-5-3-6-10-15)16-11-7-4-8-12-16/h3-22H,2,23-25H2,1H3;1-15H,16-19H2,(H2,24,25,30);3-12,14H,2H2,1H3. The van der Waals surface area contributed by atoms with Crippen molar-refractivity contribution in [1.29, 1.82) is 0 Å². The van der Waals surface area contributed by atoms with Crippen LogP contribution in [0.4, 0.5) is 28.4 Å². The fourth-order valence-corrected chi connectivity index (χ4v) is 15.7. The predicted molar refractivity (Wildman–Crippen MR) is 367 cm³/mol. The highest BCUT2D eigenvalue weighted by Crippen LogP contribution is 2.68. The molecule has 0 aliphatic carbocycles. The van der Waals surface area contributed by atoms with Crippen molar-refractivity contribution in [2.45, 2.75) is 20.3 Å². The van der Waals surface area contributed by atoms with Gasteiger partial charge in [-0.15, -0.1) is 5.73 Å². The number of thiocarbonyl (C=S) groups is 1. The fraction of sp³-hybridized carbons (Fsp3) is 0.151. The average molecular weight is 1220 g/mol. The van der Waals surface area contributed by atoms with Crippen LogP contribution in [0.1, 0.15) is 42.5 Å². The maximum absolute atomic E-state index is 15.9. The number of anilines is 5. The van der Waals surface area contributed by atoms with Crippen LogP contribution < -0.4 is 29.3 Å². The zero-order valence-corrected chi connectivity index (χ0v) is 52.1. The van der Waals surface area contributed by atoms with E-state index in [2.05, 4.69) is 74.2 Å². The average Bonchev–Trinajstić information content (AvgIpc) is 1.74. The molecule has 2 aliphatic rings. The number of esters is 2. The third-order valence-corrected chi connectivity index (χ3v) is 19.7. The van der Waals surface area contributed by atoms with Crippen LogP contribution in [0, 0.1) is 0 Å². The maximum atomic E-state index is 15.9.